The van der Waals surface area contributed by atoms with Crippen LogP contribution < -0.4 is 4.72 Å². The summed E-state index contributed by atoms with van der Waals surface area (Å²) in [6.45, 7) is 6.00. The van der Waals surface area contributed by atoms with Crippen molar-refractivity contribution >= 4 is 10.2 Å². The lowest BCUT2D eigenvalue weighted by Crippen LogP contribution is -2.47. The predicted molar refractivity (Wildman–Crippen MR) is 106 cm³/mol. The van der Waals surface area contributed by atoms with Crippen LogP contribution in [-0.2, 0) is 10.2 Å². The van der Waals surface area contributed by atoms with E-state index < -0.39 is 10.2 Å². The van der Waals surface area contributed by atoms with E-state index in [4.69, 9.17) is 0 Å². The Kier molecular flexibility index (Phi) is 7.09. The van der Waals surface area contributed by atoms with Crippen LogP contribution in [0.2, 0.25) is 0 Å². The Morgan fingerprint density at radius 1 is 1.00 bits per heavy atom. The van der Waals surface area contributed by atoms with Gasteiger partial charge in [-0.1, -0.05) is 50.1 Å². The Morgan fingerprint density at radius 3 is 2.23 bits per heavy atom. The summed E-state index contributed by atoms with van der Waals surface area (Å²) < 4.78 is 30.1. The molecule has 2 aliphatic heterocycles. The van der Waals surface area contributed by atoms with Crippen LogP contribution in [0.15, 0.2) is 30.3 Å². The molecule has 0 spiro atoms. The second-order valence-corrected chi connectivity index (χ2v) is 9.57. The summed E-state index contributed by atoms with van der Waals surface area (Å²) in [7, 11) is -3.40. The molecule has 0 aromatic heterocycles. The van der Waals surface area contributed by atoms with E-state index in [0.717, 1.165) is 25.9 Å². The van der Waals surface area contributed by atoms with E-state index in [9.17, 15) is 8.42 Å². The summed E-state index contributed by atoms with van der Waals surface area (Å²) in [5, 5.41) is 0. The van der Waals surface area contributed by atoms with Crippen molar-refractivity contribution in [2.75, 3.05) is 32.7 Å². The van der Waals surface area contributed by atoms with Crippen molar-refractivity contribution in [2.45, 2.75) is 51.5 Å². The van der Waals surface area contributed by atoms with Gasteiger partial charge >= 0.3 is 0 Å². The number of hydrogen-bond acceptors (Lipinski definition) is 3. The minimum Gasteiger partial charge on any atom is -0.295 e. The van der Waals surface area contributed by atoms with Crippen molar-refractivity contribution < 1.29 is 8.42 Å². The molecule has 6 heteroatoms. The number of nitrogens with one attached hydrogen (secondary N) is 1. The first-order valence-corrected chi connectivity index (χ1v) is 11.5. The molecule has 0 bridgehead atoms. The third-order valence-corrected chi connectivity index (χ3v) is 7.38. The smallest absolute Gasteiger partial charge is 0.279 e. The molecule has 2 heterocycles. The number of nitrogens with zero attached hydrogens (tertiary/aromatic N) is 2. The lowest BCUT2D eigenvalue weighted by atomic mass is 10.0. The number of piperidine rings is 1. The SMILES string of the molecule is CC1CCN(S(=O)(=O)NCC(c2ccccc2)N2CCCCCC2)CC1. The highest BCUT2D eigenvalue weighted by molar-refractivity contribution is 7.87. The van der Waals surface area contributed by atoms with Gasteiger partial charge in [0.1, 0.15) is 0 Å². The van der Waals surface area contributed by atoms with Gasteiger partial charge in [0, 0.05) is 25.7 Å². The fourth-order valence-electron chi connectivity index (χ4n) is 4.04. The van der Waals surface area contributed by atoms with Crippen molar-refractivity contribution in [3.05, 3.63) is 35.9 Å². The van der Waals surface area contributed by atoms with Gasteiger partial charge < -0.3 is 0 Å². The zero-order chi connectivity index (χ0) is 18.4. The van der Waals surface area contributed by atoms with E-state index in [2.05, 4.69) is 28.7 Å². The molecule has 146 valence electrons. The lowest BCUT2D eigenvalue weighted by molar-refractivity contribution is 0.204. The fraction of sp³-hybridized carbons (Fsp3) is 0.700. The summed E-state index contributed by atoms with van der Waals surface area (Å²) in [5.41, 5.74) is 1.20. The van der Waals surface area contributed by atoms with Crippen LogP contribution in [0.4, 0.5) is 0 Å². The summed E-state index contributed by atoms with van der Waals surface area (Å²) >= 11 is 0. The monoisotopic (exact) mass is 379 g/mol. The van der Waals surface area contributed by atoms with E-state index in [1.165, 1.54) is 31.2 Å². The maximum Gasteiger partial charge on any atom is 0.279 e. The molecular formula is C20H33N3O2S. The second kappa shape index (κ2) is 9.31. The first-order chi connectivity index (χ1) is 12.6. The summed E-state index contributed by atoms with van der Waals surface area (Å²) in [6, 6.07) is 10.4. The highest BCUT2D eigenvalue weighted by atomic mass is 32.2. The van der Waals surface area contributed by atoms with E-state index in [0.29, 0.717) is 25.6 Å². The van der Waals surface area contributed by atoms with Gasteiger partial charge in [0.05, 0.1) is 0 Å². The van der Waals surface area contributed by atoms with Gasteiger partial charge in [0.2, 0.25) is 0 Å². The van der Waals surface area contributed by atoms with Gasteiger partial charge in [0.25, 0.3) is 10.2 Å². The zero-order valence-corrected chi connectivity index (χ0v) is 16.8. The minimum atomic E-state index is -3.40. The molecule has 3 rings (SSSR count). The van der Waals surface area contributed by atoms with Crippen LogP contribution >= 0.6 is 0 Å². The maximum atomic E-state index is 12.8. The molecule has 0 aliphatic carbocycles. The maximum absolute atomic E-state index is 12.8. The van der Waals surface area contributed by atoms with Gasteiger partial charge in [-0.2, -0.15) is 12.7 Å². The van der Waals surface area contributed by atoms with Crippen LogP contribution in [-0.4, -0.2) is 50.3 Å². The number of rotatable bonds is 6. The average Bonchev–Trinajstić information content (AvgIpc) is 2.92. The standard InChI is InChI=1S/C20H33N3O2S/c1-18-11-15-23(16-12-18)26(24,25)21-17-20(19-9-5-4-6-10-19)22-13-7-2-3-8-14-22/h4-6,9-10,18,20-21H,2-3,7-8,11-17H2,1H3. The average molecular weight is 380 g/mol. The highest BCUT2D eigenvalue weighted by Gasteiger charge is 2.28. The molecule has 1 aromatic carbocycles. The largest absolute Gasteiger partial charge is 0.295 e. The van der Waals surface area contributed by atoms with Gasteiger partial charge in [-0.25, -0.2) is 4.72 Å². The quantitative estimate of drug-likeness (QED) is 0.826. The van der Waals surface area contributed by atoms with Crippen molar-refractivity contribution in [2.24, 2.45) is 5.92 Å². The normalized spacial score (nSPS) is 22.8. The zero-order valence-electron chi connectivity index (χ0n) is 15.9. The Labute approximate surface area is 158 Å². The Bertz CT molecular complexity index is 634. The van der Waals surface area contributed by atoms with E-state index in [1.807, 2.05) is 18.2 Å². The minimum absolute atomic E-state index is 0.104. The van der Waals surface area contributed by atoms with Crippen molar-refractivity contribution in [3.8, 4) is 0 Å². The summed E-state index contributed by atoms with van der Waals surface area (Å²) in [6.07, 6.45) is 6.84. The third-order valence-electron chi connectivity index (χ3n) is 5.81. The van der Waals surface area contributed by atoms with Gasteiger partial charge in [-0.3, -0.25) is 4.90 Å². The molecule has 5 nitrogen and oxygen atoms in total. The molecule has 2 aliphatic rings. The topological polar surface area (TPSA) is 52.7 Å². The number of benzene rings is 1. The molecule has 1 atom stereocenters. The Hall–Kier alpha value is -0.950. The first kappa shape index (κ1) is 19.8. The second-order valence-electron chi connectivity index (χ2n) is 7.81. The molecule has 26 heavy (non-hydrogen) atoms. The van der Waals surface area contributed by atoms with Gasteiger partial charge in [-0.05, 0) is 50.3 Å². The molecular weight excluding hydrogens is 346 g/mol. The van der Waals surface area contributed by atoms with E-state index >= 15 is 0 Å². The molecule has 2 saturated heterocycles. The van der Waals surface area contributed by atoms with Crippen LogP contribution in [0.3, 0.4) is 0 Å². The van der Waals surface area contributed by atoms with Gasteiger partial charge in [0.15, 0.2) is 0 Å². The first-order valence-electron chi connectivity index (χ1n) is 10.1. The van der Waals surface area contributed by atoms with E-state index in [-0.39, 0.29) is 6.04 Å². The summed E-state index contributed by atoms with van der Waals surface area (Å²) in [4.78, 5) is 2.46. The molecule has 0 amide bonds. The molecule has 0 saturated carbocycles. The molecule has 1 unspecified atom stereocenters. The third kappa shape index (κ3) is 5.28. The predicted octanol–water partition coefficient (Wildman–Crippen LogP) is 3.17. The Balaban J connectivity index is 1.69. The van der Waals surface area contributed by atoms with Crippen molar-refractivity contribution in [1.29, 1.82) is 0 Å². The van der Waals surface area contributed by atoms with Crippen LogP contribution in [0.1, 0.15) is 57.1 Å². The van der Waals surface area contributed by atoms with Gasteiger partial charge in [-0.15, -0.1) is 0 Å². The Morgan fingerprint density at radius 2 is 1.62 bits per heavy atom. The lowest BCUT2D eigenvalue weighted by Gasteiger charge is -2.33. The molecule has 1 aromatic rings. The fourth-order valence-corrected chi connectivity index (χ4v) is 5.28. The molecule has 0 radical (unpaired) electrons. The summed E-state index contributed by atoms with van der Waals surface area (Å²) in [5.74, 6) is 0.621. The van der Waals surface area contributed by atoms with Crippen molar-refractivity contribution in [3.63, 3.8) is 0 Å². The molecule has 2 fully saturated rings. The van der Waals surface area contributed by atoms with Crippen LogP contribution in [0.25, 0.3) is 0 Å². The van der Waals surface area contributed by atoms with Crippen LogP contribution in [0.5, 0.6) is 0 Å². The van der Waals surface area contributed by atoms with E-state index in [1.54, 1.807) is 4.31 Å². The van der Waals surface area contributed by atoms with Crippen LogP contribution in [0, 0.1) is 5.92 Å². The van der Waals surface area contributed by atoms with Crippen molar-refractivity contribution in [1.82, 2.24) is 13.9 Å². The highest BCUT2D eigenvalue weighted by Crippen LogP contribution is 2.24. The molecule has 1 N–H and O–H groups in total. The number of likely N-dealkylation sites (tertiary alicyclic amines) is 1. The number of hydrogen-bond donors (Lipinski definition) is 1.